The Morgan fingerprint density at radius 1 is 1.14 bits per heavy atom. The number of hydrogen-bond acceptors (Lipinski definition) is 2. The van der Waals surface area contributed by atoms with Crippen LogP contribution < -0.4 is 0 Å². The number of halogens is 2. The highest BCUT2D eigenvalue weighted by Gasteiger charge is 2.14. The van der Waals surface area contributed by atoms with E-state index in [4.69, 9.17) is 11.6 Å². The van der Waals surface area contributed by atoms with Crippen molar-refractivity contribution in [3.05, 3.63) is 76.8 Å². The van der Waals surface area contributed by atoms with Crippen LogP contribution in [0.3, 0.4) is 0 Å². The lowest BCUT2D eigenvalue weighted by Gasteiger charge is -2.14. The van der Waals surface area contributed by atoms with Crippen molar-refractivity contribution in [2.24, 2.45) is 0 Å². The Hall–Kier alpha value is -1.97. The van der Waals surface area contributed by atoms with Gasteiger partial charge in [-0.3, -0.25) is 4.98 Å². The van der Waals surface area contributed by atoms with Gasteiger partial charge in [-0.1, -0.05) is 41.9 Å². The third-order valence-corrected chi connectivity index (χ3v) is 3.84. The van der Waals surface area contributed by atoms with E-state index in [0.29, 0.717) is 17.0 Å². The van der Waals surface area contributed by atoms with Crippen LogP contribution in [0.25, 0.3) is 10.8 Å². The van der Waals surface area contributed by atoms with Gasteiger partial charge in [0.25, 0.3) is 0 Å². The number of aliphatic hydroxyl groups excluding tert-OH is 1. The first-order chi connectivity index (χ1) is 10.1. The highest BCUT2D eigenvalue weighted by Crippen LogP contribution is 2.28. The van der Waals surface area contributed by atoms with Gasteiger partial charge >= 0.3 is 0 Å². The van der Waals surface area contributed by atoms with Gasteiger partial charge in [-0.25, -0.2) is 4.39 Å². The molecule has 4 heteroatoms. The van der Waals surface area contributed by atoms with Crippen LogP contribution in [0.4, 0.5) is 4.39 Å². The number of hydrogen-bond donors (Lipinski definition) is 1. The molecule has 1 unspecified atom stereocenters. The molecule has 0 aliphatic rings. The lowest BCUT2D eigenvalue weighted by atomic mass is 9.98. The van der Waals surface area contributed by atoms with E-state index in [1.807, 2.05) is 24.3 Å². The van der Waals surface area contributed by atoms with Crippen LogP contribution in [0.15, 0.2) is 54.9 Å². The minimum atomic E-state index is -0.744. The molecule has 1 heterocycles. The third kappa shape index (κ3) is 2.89. The summed E-state index contributed by atoms with van der Waals surface area (Å²) in [5.41, 5.74) is 1.45. The Balaban J connectivity index is 1.95. The molecule has 0 radical (unpaired) electrons. The molecule has 1 N–H and O–H groups in total. The normalized spacial score (nSPS) is 12.5. The van der Waals surface area contributed by atoms with Gasteiger partial charge < -0.3 is 5.11 Å². The monoisotopic (exact) mass is 301 g/mol. The van der Waals surface area contributed by atoms with Crippen molar-refractivity contribution in [2.45, 2.75) is 12.5 Å². The average molecular weight is 302 g/mol. The van der Waals surface area contributed by atoms with Crippen molar-refractivity contribution < 1.29 is 9.50 Å². The standard InChI is InChI=1S/C17H13ClFNO/c18-16-8-13(19)6-5-11(16)7-17(21)15-10-20-9-12-3-1-2-4-14(12)15/h1-6,8-10,17,21H,7H2. The van der Waals surface area contributed by atoms with Crippen molar-refractivity contribution in [3.63, 3.8) is 0 Å². The SMILES string of the molecule is OC(Cc1ccc(F)cc1Cl)c1cncc2ccccc12. The van der Waals surface area contributed by atoms with Crippen molar-refractivity contribution >= 4 is 22.4 Å². The van der Waals surface area contributed by atoms with Gasteiger partial charge in [-0.2, -0.15) is 0 Å². The quantitative estimate of drug-likeness (QED) is 0.782. The second-order valence-electron chi connectivity index (χ2n) is 4.91. The lowest BCUT2D eigenvalue weighted by Crippen LogP contribution is -2.04. The molecule has 21 heavy (non-hydrogen) atoms. The summed E-state index contributed by atoms with van der Waals surface area (Å²) in [6.07, 6.45) is 2.99. The van der Waals surface area contributed by atoms with Gasteiger partial charge in [0.05, 0.1) is 6.10 Å². The Kier molecular flexibility index (Phi) is 3.86. The number of pyridine rings is 1. The number of rotatable bonds is 3. The summed E-state index contributed by atoms with van der Waals surface area (Å²) in [5, 5.41) is 12.7. The molecule has 3 aromatic rings. The predicted molar refractivity (Wildman–Crippen MR) is 81.8 cm³/mol. The van der Waals surface area contributed by atoms with E-state index in [0.717, 1.165) is 16.3 Å². The minimum absolute atomic E-state index is 0.314. The van der Waals surface area contributed by atoms with Crippen molar-refractivity contribution in [2.75, 3.05) is 0 Å². The van der Waals surface area contributed by atoms with Gasteiger partial charge in [-0.05, 0) is 23.1 Å². The van der Waals surface area contributed by atoms with E-state index in [1.54, 1.807) is 18.5 Å². The molecule has 0 spiro atoms. The zero-order valence-electron chi connectivity index (χ0n) is 11.1. The van der Waals surface area contributed by atoms with Crippen LogP contribution in [-0.4, -0.2) is 10.1 Å². The topological polar surface area (TPSA) is 33.1 Å². The number of fused-ring (bicyclic) bond motifs is 1. The summed E-state index contributed by atoms with van der Waals surface area (Å²) in [5.74, 6) is -0.384. The summed E-state index contributed by atoms with van der Waals surface area (Å²) in [4.78, 5) is 4.16. The fourth-order valence-corrected chi connectivity index (χ4v) is 2.66. The Bertz CT molecular complexity index is 785. The minimum Gasteiger partial charge on any atom is -0.388 e. The predicted octanol–water partition coefficient (Wildman–Crippen LogP) is 4.30. The van der Waals surface area contributed by atoms with Crippen LogP contribution >= 0.6 is 11.6 Å². The van der Waals surface area contributed by atoms with Crippen molar-refractivity contribution in [1.82, 2.24) is 4.98 Å². The molecule has 1 atom stereocenters. The fourth-order valence-electron chi connectivity index (χ4n) is 2.41. The molecule has 0 aliphatic heterocycles. The molecular weight excluding hydrogens is 289 g/mol. The number of aromatic nitrogens is 1. The molecule has 1 aromatic heterocycles. The maximum absolute atomic E-state index is 13.1. The van der Waals surface area contributed by atoms with Crippen molar-refractivity contribution in [3.8, 4) is 0 Å². The summed E-state index contributed by atoms with van der Waals surface area (Å²) >= 11 is 6.01. The molecule has 0 amide bonds. The molecule has 0 bridgehead atoms. The molecule has 2 nitrogen and oxygen atoms in total. The van der Waals surface area contributed by atoms with E-state index < -0.39 is 6.10 Å². The van der Waals surface area contributed by atoms with E-state index >= 15 is 0 Å². The Labute approximate surface area is 126 Å². The largest absolute Gasteiger partial charge is 0.388 e. The van der Waals surface area contributed by atoms with Crippen LogP contribution in [0, 0.1) is 5.82 Å². The van der Waals surface area contributed by atoms with E-state index in [2.05, 4.69) is 4.98 Å². The van der Waals surface area contributed by atoms with Gasteiger partial charge in [-0.15, -0.1) is 0 Å². The number of benzene rings is 2. The molecular formula is C17H13ClFNO. The molecule has 0 saturated heterocycles. The first-order valence-electron chi connectivity index (χ1n) is 6.60. The molecule has 2 aromatic carbocycles. The first-order valence-corrected chi connectivity index (χ1v) is 6.97. The van der Waals surface area contributed by atoms with Gasteiger partial charge in [0.1, 0.15) is 5.82 Å². The fraction of sp³-hybridized carbons (Fsp3) is 0.118. The summed E-state index contributed by atoms with van der Waals surface area (Å²) in [6, 6.07) is 11.9. The van der Waals surface area contributed by atoms with Gasteiger partial charge in [0.15, 0.2) is 0 Å². The lowest BCUT2D eigenvalue weighted by molar-refractivity contribution is 0.179. The van der Waals surface area contributed by atoms with E-state index in [1.165, 1.54) is 12.1 Å². The maximum Gasteiger partial charge on any atom is 0.124 e. The van der Waals surface area contributed by atoms with Gasteiger partial charge in [0, 0.05) is 34.8 Å². The Morgan fingerprint density at radius 2 is 1.95 bits per heavy atom. The Morgan fingerprint density at radius 3 is 2.76 bits per heavy atom. The molecule has 3 rings (SSSR count). The van der Waals surface area contributed by atoms with Crippen molar-refractivity contribution in [1.29, 1.82) is 0 Å². The summed E-state index contributed by atoms with van der Waals surface area (Å²) in [7, 11) is 0. The van der Waals surface area contributed by atoms with Gasteiger partial charge in [0.2, 0.25) is 0 Å². The second kappa shape index (κ2) is 5.80. The van der Waals surface area contributed by atoms with E-state index in [9.17, 15) is 9.50 Å². The number of nitrogens with zero attached hydrogens (tertiary/aromatic N) is 1. The highest BCUT2D eigenvalue weighted by molar-refractivity contribution is 6.31. The van der Waals surface area contributed by atoms with E-state index in [-0.39, 0.29) is 5.82 Å². The average Bonchev–Trinajstić information content (AvgIpc) is 2.49. The molecule has 0 fully saturated rings. The maximum atomic E-state index is 13.1. The number of aliphatic hydroxyl groups is 1. The molecule has 0 aliphatic carbocycles. The highest BCUT2D eigenvalue weighted by atomic mass is 35.5. The molecule has 0 saturated carbocycles. The smallest absolute Gasteiger partial charge is 0.124 e. The van der Waals surface area contributed by atoms with Crippen LogP contribution in [-0.2, 0) is 6.42 Å². The second-order valence-corrected chi connectivity index (χ2v) is 5.31. The zero-order chi connectivity index (χ0) is 14.8. The van der Waals surface area contributed by atoms with Crippen LogP contribution in [0.5, 0.6) is 0 Å². The third-order valence-electron chi connectivity index (χ3n) is 3.49. The van der Waals surface area contributed by atoms with Crippen LogP contribution in [0.1, 0.15) is 17.2 Å². The summed E-state index contributed by atoms with van der Waals surface area (Å²) < 4.78 is 13.1. The first kappa shape index (κ1) is 14.0. The van der Waals surface area contributed by atoms with Crippen LogP contribution in [0.2, 0.25) is 5.02 Å². The molecule has 106 valence electrons. The zero-order valence-corrected chi connectivity index (χ0v) is 11.9. The summed E-state index contributed by atoms with van der Waals surface area (Å²) in [6.45, 7) is 0.